The van der Waals surface area contributed by atoms with Gasteiger partial charge in [0.2, 0.25) is 0 Å². The maximum atomic E-state index is 5.46. The van der Waals surface area contributed by atoms with Crippen LogP contribution in [0.15, 0.2) is 23.6 Å². The molecule has 1 aromatic heterocycles. The monoisotopic (exact) mass is 286 g/mol. The summed E-state index contributed by atoms with van der Waals surface area (Å²) >= 11 is 1.78. The van der Waals surface area contributed by atoms with Crippen LogP contribution in [0.5, 0.6) is 0 Å². The smallest absolute Gasteiger partial charge is 0.0987 e. The molecule has 3 heterocycles. The first-order chi connectivity index (χ1) is 9.90. The lowest BCUT2D eigenvalue weighted by atomic mass is 9.97. The van der Waals surface area contributed by atoms with Gasteiger partial charge < -0.3 is 10.1 Å². The van der Waals surface area contributed by atoms with Crippen molar-refractivity contribution < 1.29 is 4.74 Å². The second kappa shape index (κ2) is 5.28. The van der Waals surface area contributed by atoms with Crippen molar-refractivity contribution in [2.45, 2.75) is 25.3 Å². The van der Waals surface area contributed by atoms with E-state index < -0.39 is 0 Å². The zero-order valence-electron chi connectivity index (χ0n) is 11.4. The van der Waals surface area contributed by atoms with Crippen LogP contribution in [0.25, 0.3) is 11.3 Å². The maximum absolute atomic E-state index is 5.46. The maximum Gasteiger partial charge on any atom is 0.0987 e. The summed E-state index contributed by atoms with van der Waals surface area (Å²) in [6, 6.07) is 6.77. The summed E-state index contributed by atoms with van der Waals surface area (Å²) in [5, 5.41) is 6.84. The Morgan fingerprint density at radius 2 is 2.30 bits per heavy atom. The van der Waals surface area contributed by atoms with E-state index in [4.69, 9.17) is 9.72 Å². The SMILES string of the molecule is c1cc2c(cc1-c1csc(C3CCOC3)n1)CCNC2. The Hall–Kier alpha value is -1.23. The van der Waals surface area contributed by atoms with Crippen molar-refractivity contribution in [1.82, 2.24) is 10.3 Å². The molecule has 1 unspecified atom stereocenters. The van der Waals surface area contributed by atoms with Crippen LogP contribution in [0.1, 0.15) is 28.5 Å². The molecule has 2 aliphatic rings. The second-order valence-electron chi connectivity index (χ2n) is 5.54. The summed E-state index contributed by atoms with van der Waals surface area (Å²) in [5.74, 6) is 0.510. The minimum Gasteiger partial charge on any atom is -0.381 e. The van der Waals surface area contributed by atoms with E-state index in [2.05, 4.69) is 28.9 Å². The zero-order chi connectivity index (χ0) is 13.4. The van der Waals surface area contributed by atoms with E-state index in [-0.39, 0.29) is 0 Å². The van der Waals surface area contributed by atoms with Crippen LogP contribution in [0.2, 0.25) is 0 Å². The number of nitrogens with one attached hydrogen (secondary N) is 1. The quantitative estimate of drug-likeness (QED) is 0.921. The average molecular weight is 286 g/mol. The van der Waals surface area contributed by atoms with Gasteiger partial charge in [0, 0.05) is 30.0 Å². The summed E-state index contributed by atoms with van der Waals surface area (Å²) in [7, 11) is 0. The Morgan fingerprint density at radius 3 is 3.20 bits per heavy atom. The highest BCUT2D eigenvalue weighted by Gasteiger charge is 2.21. The van der Waals surface area contributed by atoms with Gasteiger partial charge in [0.25, 0.3) is 0 Å². The highest BCUT2D eigenvalue weighted by Crippen LogP contribution is 2.32. The van der Waals surface area contributed by atoms with Crippen LogP contribution in [0.3, 0.4) is 0 Å². The molecule has 4 rings (SSSR count). The minimum atomic E-state index is 0.510. The number of aromatic nitrogens is 1. The molecule has 20 heavy (non-hydrogen) atoms. The number of ether oxygens (including phenoxy) is 1. The molecule has 1 atom stereocenters. The summed E-state index contributed by atoms with van der Waals surface area (Å²) < 4.78 is 5.46. The van der Waals surface area contributed by atoms with Crippen molar-refractivity contribution in [3.63, 3.8) is 0 Å². The molecule has 1 fully saturated rings. The molecule has 104 valence electrons. The Labute approximate surface area is 123 Å². The molecule has 4 heteroatoms. The van der Waals surface area contributed by atoms with Crippen LogP contribution >= 0.6 is 11.3 Å². The molecule has 0 spiro atoms. The third-order valence-corrected chi connectivity index (χ3v) is 5.20. The molecule has 0 bridgehead atoms. The number of nitrogens with zero attached hydrogens (tertiary/aromatic N) is 1. The van der Waals surface area contributed by atoms with E-state index in [9.17, 15) is 0 Å². The first kappa shape index (κ1) is 12.5. The van der Waals surface area contributed by atoms with Crippen molar-refractivity contribution in [3.8, 4) is 11.3 Å². The van der Waals surface area contributed by atoms with Crippen LogP contribution in [0.4, 0.5) is 0 Å². The number of rotatable bonds is 2. The minimum absolute atomic E-state index is 0.510. The summed E-state index contributed by atoms with van der Waals surface area (Å²) in [5.41, 5.74) is 5.28. The van der Waals surface area contributed by atoms with Gasteiger partial charge in [-0.2, -0.15) is 0 Å². The first-order valence-electron chi connectivity index (χ1n) is 7.26. The van der Waals surface area contributed by atoms with Gasteiger partial charge in [0.05, 0.1) is 17.3 Å². The molecule has 1 saturated heterocycles. The van der Waals surface area contributed by atoms with Gasteiger partial charge in [-0.05, 0) is 36.6 Å². The molecular weight excluding hydrogens is 268 g/mol. The topological polar surface area (TPSA) is 34.1 Å². The summed E-state index contributed by atoms with van der Waals surface area (Å²) in [6.07, 6.45) is 2.24. The van der Waals surface area contributed by atoms with Crippen LogP contribution in [0, 0.1) is 0 Å². The van der Waals surface area contributed by atoms with Gasteiger partial charge in [0.15, 0.2) is 0 Å². The van der Waals surface area contributed by atoms with Gasteiger partial charge >= 0.3 is 0 Å². The molecule has 0 radical (unpaired) electrons. The first-order valence-corrected chi connectivity index (χ1v) is 8.14. The lowest BCUT2D eigenvalue weighted by Gasteiger charge is -2.17. The number of fused-ring (bicyclic) bond motifs is 1. The number of hydrogen-bond donors (Lipinski definition) is 1. The number of hydrogen-bond acceptors (Lipinski definition) is 4. The largest absolute Gasteiger partial charge is 0.381 e. The average Bonchev–Trinajstić information content (AvgIpc) is 3.17. The van der Waals surface area contributed by atoms with Gasteiger partial charge in [-0.1, -0.05) is 12.1 Å². The Kier molecular flexibility index (Phi) is 3.30. The fourth-order valence-corrected chi connectivity index (χ4v) is 3.92. The Morgan fingerprint density at radius 1 is 1.30 bits per heavy atom. The van der Waals surface area contributed by atoms with Crippen LogP contribution < -0.4 is 5.32 Å². The predicted octanol–water partition coefficient (Wildman–Crippen LogP) is 2.96. The zero-order valence-corrected chi connectivity index (χ0v) is 12.2. The van der Waals surface area contributed by atoms with E-state index in [0.29, 0.717) is 5.92 Å². The lowest BCUT2D eigenvalue weighted by Crippen LogP contribution is -2.23. The molecule has 1 N–H and O–H groups in total. The number of benzene rings is 1. The van der Waals surface area contributed by atoms with Crippen molar-refractivity contribution in [1.29, 1.82) is 0 Å². The highest BCUT2D eigenvalue weighted by molar-refractivity contribution is 7.10. The molecule has 0 amide bonds. The van der Waals surface area contributed by atoms with Crippen LogP contribution in [-0.4, -0.2) is 24.7 Å². The second-order valence-corrected chi connectivity index (χ2v) is 6.43. The third kappa shape index (κ3) is 2.28. The fourth-order valence-electron chi connectivity index (χ4n) is 2.97. The van der Waals surface area contributed by atoms with Gasteiger partial charge in [-0.15, -0.1) is 11.3 Å². The van der Waals surface area contributed by atoms with E-state index in [1.54, 1.807) is 11.3 Å². The summed E-state index contributed by atoms with van der Waals surface area (Å²) in [6.45, 7) is 3.80. The molecule has 0 aliphatic carbocycles. The molecule has 1 aromatic carbocycles. The molecular formula is C16H18N2OS. The van der Waals surface area contributed by atoms with Crippen LogP contribution in [-0.2, 0) is 17.7 Å². The highest BCUT2D eigenvalue weighted by atomic mass is 32.1. The lowest BCUT2D eigenvalue weighted by molar-refractivity contribution is 0.194. The Bertz CT molecular complexity index is 617. The predicted molar refractivity (Wildman–Crippen MR) is 81.1 cm³/mol. The van der Waals surface area contributed by atoms with Gasteiger partial charge in [-0.3, -0.25) is 0 Å². The van der Waals surface area contributed by atoms with E-state index in [0.717, 1.165) is 44.8 Å². The Balaban J connectivity index is 1.63. The van der Waals surface area contributed by atoms with E-state index in [1.165, 1.54) is 21.7 Å². The normalized spacial score (nSPS) is 21.9. The van der Waals surface area contributed by atoms with E-state index >= 15 is 0 Å². The van der Waals surface area contributed by atoms with Crippen molar-refractivity contribution in [3.05, 3.63) is 39.7 Å². The van der Waals surface area contributed by atoms with Crippen molar-refractivity contribution >= 4 is 11.3 Å². The molecule has 0 saturated carbocycles. The fraction of sp³-hybridized carbons (Fsp3) is 0.438. The number of thiazole rings is 1. The molecule has 2 aliphatic heterocycles. The van der Waals surface area contributed by atoms with E-state index in [1.807, 2.05) is 0 Å². The molecule has 2 aromatic rings. The standard InChI is InChI=1S/C16H18N2OS/c1-2-13-8-17-5-3-11(13)7-12(1)15-10-20-16(18-15)14-4-6-19-9-14/h1-2,7,10,14,17H,3-6,8-9H2. The third-order valence-electron chi connectivity index (χ3n) is 4.19. The van der Waals surface area contributed by atoms with Gasteiger partial charge in [-0.25, -0.2) is 4.98 Å². The summed E-state index contributed by atoms with van der Waals surface area (Å²) in [4.78, 5) is 4.83. The molecule has 3 nitrogen and oxygen atoms in total. The van der Waals surface area contributed by atoms with Crippen molar-refractivity contribution in [2.75, 3.05) is 19.8 Å². The van der Waals surface area contributed by atoms with Gasteiger partial charge in [0.1, 0.15) is 0 Å². The van der Waals surface area contributed by atoms with Crippen molar-refractivity contribution in [2.24, 2.45) is 0 Å².